The van der Waals surface area contributed by atoms with Crippen molar-refractivity contribution in [1.29, 1.82) is 0 Å². The Morgan fingerprint density at radius 2 is 1.45 bits per heavy atom. The van der Waals surface area contributed by atoms with Gasteiger partial charge in [-0.15, -0.1) is 0 Å². The van der Waals surface area contributed by atoms with Crippen LogP contribution in [0.3, 0.4) is 0 Å². The Morgan fingerprint density at radius 1 is 0.950 bits per heavy atom. The van der Waals surface area contributed by atoms with Crippen LogP contribution in [0.5, 0.6) is 0 Å². The fourth-order valence-electron chi connectivity index (χ4n) is 2.10. The zero-order valence-corrected chi connectivity index (χ0v) is 13.7. The number of hydrogen-bond acceptors (Lipinski definition) is 2. The molecule has 0 spiro atoms. The highest BCUT2D eigenvalue weighted by Gasteiger charge is 2.14. The van der Waals surface area contributed by atoms with Gasteiger partial charge in [0.15, 0.2) is 6.17 Å². The lowest BCUT2D eigenvalue weighted by atomic mass is 10.1. The molecule has 0 heterocycles. The molecule has 120 valence electrons. The van der Waals surface area contributed by atoms with Crippen LogP contribution < -0.4 is 0 Å². The number of carboxylic acids is 1. The van der Waals surface area contributed by atoms with Crippen LogP contribution in [0.4, 0.5) is 4.39 Å². The third kappa shape index (κ3) is 14.2. The second-order valence-corrected chi connectivity index (χ2v) is 6.61. The van der Waals surface area contributed by atoms with Crippen molar-refractivity contribution in [2.75, 3.05) is 11.5 Å². The van der Waals surface area contributed by atoms with Gasteiger partial charge in [0, 0.05) is 0 Å². The van der Waals surface area contributed by atoms with Gasteiger partial charge >= 0.3 is 5.97 Å². The average Bonchev–Trinajstić information content (AvgIpc) is 2.43. The molecule has 1 unspecified atom stereocenters. The first-order valence-corrected chi connectivity index (χ1v) is 9.28. The van der Waals surface area contributed by atoms with E-state index in [0.717, 1.165) is 11.5 Å². The molecular formula is C16H31FO2S. The summed E-state index contributed by atoms with van der Waals surface area (Å²) in [5.41, 5.74) is 0. The smallest absolute Gasteiger partial charge is 0.338 e. The molecule has 0 bridgehead atoms. The van der Waals surface area contributed by atoms with Gasteiger partial charge in [0.2, 0.25) is 0 Å². The molecule has 0 fully saturated rings. The van der Waals surface area contributed by atoms with E-state index in [1.54, 1.807) is 0 Å². The van der Waals surface area contributed by atoms with E-state index < -0.39 is 12.1 Å². The Balaban J connectivity index is 3.04. The van der Waals surface area contributed by atoms with Gasteiger partial charge < -0.3 is 5.11 Å². The fraction of sp³-hybridized carbons (Fsp3) is 0.938. The molecule has 0 rings (SSSR count). The summed E-state index contributed by atoms with van der Waals surface area (Å²) < 4.78 is 12.7. The summed E-state index contributed by atoms with van der Waals surface area (Å²) in [6.45, 7) is 2.24. The van der Waals surface area contributed by atoms with Crippen LogP contribution in [0.2, 0.25) is 0 Å². The van der Waals surface area contributed by atoms with E-state index in [2.05, 4.69) is 6.92 Å². The molecule has 0 saturated heterocycles. The topological polar surface area (TPSA) is 37.3 Å². The third-order valence-electron chi connectivity index (χ3n) is 3.41. The Bertz CT molecular complexity index is 225. The van der Waals surface area contributed by atoms with Crippen molar-refractivity contribution < 1.29 is 14.3 Å². The summed E-state index contributed by atoms with van der Waals surface area (Å²) in [4.78, 5) is 10.3. The highest BCUT2D eigenvalue weighted by Crippen LogP contribution is 2.13. The number of aliphatic carboxylic acids is 1. The highest BCUT2D eigenvalue weighted by molar-refractivity contribution is 7.99. The number of hydrogen-bond donors (Lipinski definition) is 1. The van der Waals surface area contributed by atoms with Gasteiger partial charge in [0.05, 0.1) is 0 Å². The standard InChI is InChI=1S/C16H31FO2S/c1-2-3-4-5-6-7-8-9-10-13-20-14-11-12-15(17)16(18)19/h15H,2-14H2,1H3,(H,18,19)/i17-1. The summed E-state index contributed by atoms with van der Waals surface area (Å²) in [5, 5.41) is 8.39. The van der Waals surface area contributed by atoms with Gasteiger partial charge in [-0.1, -0.05) is 58.3 Å². The summed E-state index contributed by atoms with van der Waals surface area (Å²) in [7, 11) is 0. The van der Waals surface area contributed by atoms with Crippen molar-refractivity contribution in [3.05, 3.63) is 0 Å². The minimum absolute atomic E-state index is 0.153. The monoisotopic (exact) mass is 305 g/mol. The van der Waals surface area contributed by atoms with Crippen molar-refractivity contribution in [2.24, 2.45) is 0 Å². The molecule has 0 amide bonds. The molecule has 0 aliphatic rings. The van der Waals surface area contributed by atoms with Crippen molar-refractivity contribution >= 4 is 17.7 Å². The van der Waals surface area contributed by atoms with Crippen LogP contribution in [0.25, 0.3) is 0 Å². The first kappa shape index (κ1) is 19.8. The van der Waals surface area contributed by atoms with E-state index >= 15 is 0 Å². The van der Waals surface area contributed by atoms with Gasteiger partial charge in [-0.25, -0.2) is 9.18 Å². The SMILES string of the molecule is CCCCCCCCCCCSCCCC([18F])C(=O)O. The molecular weight excluding hydrogens is 274 g/mol. The van der Waals surface area contributed by atoms with E-state index in [0.29, 0.717) is 6.42 Å². The van der Waals surface area contributed by atoms with Crippen molar-refractivity contribution in [2.45, 2.75) is 83.7 Å². The van der Waals surface area contributed by atoms with Crippen LogP contribution in [0, 0.1) is 0 Å². The van der Waals surface area contributed by atoms with Crippen molar-refractivity contribution in [1.82, 2.24) is 0 Å². The first-order valence-electron chi connectivity index (χ1n) is 8.13. The zero-order chi connectivity index (χ0) is 15.1. The first-order chi connectivity index (χ1) is 9.68. The molecule has 1 atom stereocenters. The number of thioether (sulfide) groups is 1. The molecule has 4 heteroatoms. The Kier molecular flexibility index (Phi) is 15.0. The lowest BCUT2D eigenvalue weighted by Gasteiger charge is -2.04. The van der Waals surface area contributed by atoms with Crippen LogP contribution in [-0.4, -0.2) is 28.8 Å². The number of carbonyl (C=O) groups is 1. The quantitative estimate of drug-likeness (QED) is 0.409. The molecule has 0 aromatic heterocycles. The molecule has 0 saturated carbocycles. The summed E-state index contributed by atoms with van der Waals surface area (Å²) in [5.74, 6) is 0.679. The van der Waals surface area contributed by atoms with Gasteiger partial charge in [-0.05, 0) is 30.8 Å². The maximum Gasteiger partial charge on any atom is 0.338 e. The molecule has 0 aromatic carbocycles. The van der Waals surface area contributed by atoms with Crippen LogP contribution >= 0.6 is 11.8 Å². The van der Waals surface area contributed by atoms with Gasteiger partial charge in [-0.2, -0.15) is 11.8 Å². The second kappa shape index (κ2) is 15.1. The summed E-state index contributed by atoms with van der Waals surface area (Å²) >= 11 is 1.82. The number of carboxylic acid groups (broad SMARTS) is 1. The number of alkyl halides is 1. The largest absolute Gasteiger partial charge is 0.479 e. The van der Waals surface area contributed by atoms with E-state index in [4.69, 9.17) is 5.11 Å². The van der Waals surface area contributed by atoms with E-state index in [1.165, 1.54) is 57.8 Å². The molecule has 0 aliphatic heterocycles. The summed E-state index contributed by atoms with van der Waals surface area (Å²) in [6.07, 6.45) is 11.2. The zero-order valence-electron chi connectivity index (χ0n) is 12.9. The minimum atomic E-state index is -1.68. The van der Waals surface area contributed by atoms with Crippen molar-refractivity contribution in [3.63, 3.8) is 0 Å². The Hall–Kier alpha value is -0.250. The Morgan fingerprint density at radius 3 is 2.00 bits per heavy atom. The molecule has 0 radical (unpaired) electrons. The predicted octanol–water partition coefficient (Wildman–Crippen LogP) is 5.45. The van der Waals surface area contributed by atoms with Crippen LogP contribution in [-0.2, 0) is 4.79 Å². The lowest BCUT2D eigenvalue weighted by Crippen LogP contribution is -2.14. The van der Waals surface area contributed by atoms with E-state index in [-0.39, 0.29) is 6.42 Å². The molecule has 0 aromatic rings. The third-order valence-corrected chi connectivity index (χ3v) is 4.56. The van der Waals surface area contributed by atoms with Gasteiger partial charge in [0.25, 0.3) is 0 Å². The number of halogens is 1. The van der Waals surface area contributed by atoms with Crippen molar-refractivity contribution in [3.8, 4) is 0 Å². The highest BCUT2D eigenvalue weighted by atomic mass is 32.2. The molecule has 1 N–H and O–H groups in total. The number of rotatable bonds is 15. The fourth-order valence-corrected chi connectivity index (χ4v) is 3.09. The minimum Gasteiger partial charge on any atom is -0.479 e. The van der Waals surface area contributed by atoms with Gasteiger partial charge in [0.1, 0.15) is 0 Å². The maximum atomic E-state index is 12.7. The molecule has 20 heavy (non-hydrogen) atoms. The normalized spacial score (nSPS) is 12.5. The van der Waals surface area contributed by atoms with E-state index in [1.807, 2.05) is 11.8 Å². The number of unbranched alkanes of at least 4 members (excludes halogenated alkanes) is 8. The molecule has 2 nitrogen and oxygen atoms in total. The van der Waals surface area contributed by atoms with Crippen LogP contribution in [0.15, 0.2) is 0 Å². The maximum absolute atomic E-state index is 12.7. The van der Waals surface area contributed by atoms with E-state index in [9.17, 15) is 9.18 Å². The predicted molar refractivity (Wildman–Crippen MR) is 86.3 cm³/mol. The Labute approximate surface area is 127 Å². The van der Waals surface area contributed by atoms with Crippen LogP contribution in [0.1, 0.15) is 77.6 Å². The average molecular weight is 305 g/mol. The molecule has 0 aliphatic carbocycles. The summed E-state index contributed by atoms with van der Waals surface area (Å²) in [6, 6.07) is 0. The second-order valence-electron chi connectivity index (χ2n) is 5.39. The van der Waals surface area contributed by atoms with Gasteiger partial charge in [-0.3, -0.25) is 0 Å². The lowest BCUT2D eigenvalue weighted by molar-refractivity contribution is -0.143.